The van der Waals surface area contributed by atoms with Crippen LogP contribution in [0.4, 0.5) is 0 Å². The molecule has 0 unspecified atom stereocenters. The molecule has 0 aliphatic heterocycles. The van der Waals surface area contributed by atoms with Crippen molar-refractivity contribution < 1.29 is 14.7 Å². The SMILES string of the molecule is C#CCN(CC(=O)O)C(=O)CSc1cc(Cl)ccc1Cl. The maximum atomic E-state index is 11.9. The monoisotopic (exact) mass is 331 g/mol. The molecule has 0 heterocycles. The van der Waals surface area contributed by atoms with E-state index in [-0.39, 0.29) is 18.2 Å². The molecule has 0 bridgehead atoms. The first-order chi connectivity index (χ1) is 9.43. The summed E-state index contributed by atoms with van der Waals surface area (Å²) in [7, 11) is 0. The first-order valence-electron chi connectivity index (χ1n) is 5.45. The Morgan fingerprint density at radius 1 is 1.40 bits per heavy atom. The smallest absolute Gasteiger partial charge is 0.323 e. The quantitative estimate of drug-likeness (QED) is 0.643. The molecule has 7 heteroatoms. The molecular formula is C13H11Cl2NO3S. The highest BCUT2D eigenvalue weighted by Gasteiger charge is 2.16. The van der Waals surface area contributed by atoms with Crippen molar-refractivity contribution in [2.75, 3.05) is 18.8 Å². The second-order valence-corrected chi connectivity index (χ2v) is 5.57. The molecule has 0 aromatic heterocycles. The van der Waals surface area contributed by atoms with Crippen LogP contribution in [0.25, 0.3) is 0 Å². The normalized spacial score (nSPS) is 9.85. The Kier molecular flexibility index (Phi) is 6.73. The van der Waals surface area contributed by atoms with Gasteiger partial charge in [0.15, 0.2) is 0 Å². The molecule has 0 aliphatic carbocycles. The average molecular weight is 332 g/mol. The lowest BCUT2D eigenvalue weighted by Gasteiger charge is -2.17. The van der Waals surface area contributed by atoms with E-state index < -0.39 is 12.5 Å². The Morgan fingerprint density at radius 2 is 2.10 bits per heavy atom. The number of carbonyl (C=O) groups excluding carboxylic acids is 1. The van der Waals surface area contributed by atoms with Gasteiger partial charge in [0.25, 0.3) is 0 Å². The van der Waals surface area contributed by atoms with Crippen LogP contribution in [-0.2, 0) is 9.59 Å². The van der Waals surface area contributed by atoms with Crippen LogP contribution >= 0.6 is 35.0 Å². The van der Waals surface area contributed by atoms with E-state index in [1.54, 1.807) is 18.2 Å². The van der Waals surface area contributed by atoms with Gasteiger partial charge in [-0.2, -0.15) is 0 Å². The number of rotatable bonds is 6. The summed E-state index contributed by atoms with van der Waals surface area (Å²) < 4.78 is 0. The van der Waals surface area contributed by atoms with Crippen molar-refractivity contribution in [2.45, 2.75) is 4.90 Å². The van der Waals surface area contributed by atoms with E-state index in [1.807, 2.05) is 0 Å². The van der Waals surface area contributed by atoms with E-state index >= 15 is 0 Å². The van der Waals surface area contributed by atoms with Crippen molar-refractivity contribution >= 4 is 46.8 Å². The number of thioether (sulfide) groups is 1. The number of nitrogens with zero attached hydrogens (tertiary/aromatic N) is 1. The molecule has 1 aromatic rings. The Morgan fingerprint density at radius 3 is 2.70 bits per heavy atom. The molecule has 1 N–H and O–H groups in total. The molecule has 1 rings (SSSR count). The lowest BCUT2D eigenvalue weighted by atomic mass is 10.4. The van der Waals surface area contributed by atoms with E-state index in [4.69, 9.17) is 34.7 Å². The van der Waals surface area contributed by atoms with Gasteiger partial charge in [0.05, 0.1) is 17.3 Å². The van der Waals surface area contributed by atoms with Crippen molar-refractivity contribution in [3.05, 3.63) is 28.2 Å². The number of amides is 1. The second-order valence-electron chi connectivity index (χ2n) is 3.71. The molecule has 1 amide bonds. The van der Waals surface area contributed by atoms with E-state index in [9.17, 15) is 9.59 Å². The first-order valence-corrected chi connectivity index (χ1v) is 7.19. The predicted molar refractivity (Wildman–Crippen MR) is 80.2 cm³/mol. The summed E-state index contributed by atoms with van der Waals surface area (Å²) in [5.41, 5.74) is 0. The summed E-state index contributed by atoms with van der Waals surface area (Å²) >= 11 is 13.0. The third kappa shape index (κ3) is 5.33. The number of hydrogen-bond acceptors (Lipinski definition) is 3. The number of halogens is 2. The molecule has 0 saturated carbocycles. The largest absolute Gasteiger partial charge is 0.480 e. The van der Waals surface area contributed by atoms with Crippen molar-refractivity contribution in [3.63, 3.8) is 0 Å². The minimum Gasteiger partial charge on any atom is -0.480 e. The number of carboxylic acids is 1. The minimum absolute atomic E-state index is 0.0367. The highest BCUT2D eigenvalue weighted by Crippen LogP contribution is 2.29. The molecule has 0 aliphatic rings. The van der Waals surface area contributed by atoms with Crippen LogP contribution in [0.2, 0.25) is 10.0 Å². The summed E-state index contributed by atoms with van der Waals surface area (Å²) in [5, 5.41) is 9.71. The predicted octanol–water partition coefficient (Wildman–Crippen LogP) is 2.63. The van der Waals surface area contributed by atoms with Crippen molar-refractivity contribution in [1.82, 2.24) is 4.90 Å². The zero-order valence-corrected chi connectivity index (χ0v) is 12.6. The van der Waals surface area contributed by atoms with Crippen molar-refractivity contribution in [2.24, 2.45) is 0 Å². The van der Waals surface area contributed by atoms with Crippen LogP contribution in [0, 0.1) is 12.3 Å². The maximum absolute atomic E-state index is 11.9. The highest BCUT2D eigenvalue weighted by molar-refractivity contribution is 8.00. The summed E-state index contributed by atoms with van der Waals surface area (Å²) in [5.74, 6) is 0.814. The topological polar surface area (TPSA) is 57.6 Å². The van der Waals surface area contributed by atoms with Crippen LogP contribution in [-0.4, -0.2) is 40.7 Å². The molecule has 0 saturated heterocycles. The van der Waals surface area contributed by atoms with E-state index in [2.05, 4.69) is 5.92 Å². The molecule has 0 spiro atoms. The van der Waals surface area contributed by atoms with E-state index in [0.29, 0.717) is 14.9 Å². The Balaban J connectivity index is 2.67. The summed E-state index contributed by atoms with van der Waals surface area (Å²) in [6, 6.07) is 4.92. The molecular weight excluding hydrogens is 321 g/mol. The van der Waals surface area contributed by atoms with Crippen LogP contribution in [0.3, 0.4) is 0 Å². The first kappa shape index (κ1) is 16.7. The van der Waals surface area contributed by atoms with Crippen LogP contribution in [0.1, 0.15) is 0 Å². The number of hydrogen-bond donors (Lipinski definition) is 1. The molecule has 106 valence electrons. The molecule has 0 fully saturated rings. The third-order valence-corrected chi connectivity index (χ3v) is 3.92. The fraction of sp³-hybridized carbons (Fsp3) is 0.231. The van der Waals surface area contributed by atoms with Crippen LogP contribution in [0.15, 0.2) is 23.1 Å². The van der Waals surface area contributed by atoms with Crippen LogP contribution < -0.4 is 0 Å². The van der Waals surface area contributed by atoms with Gasteiger partial charge in [-0.05, 0) is 18.2 Å². The second kappa shape index (κ2) is 8.05. The minimum atomic E-state index is -1.11. The summed E-state index contributed by atoms with van der Waals surface area (Å²) in [6.07, 6.45) is 5.11. The number of carboxylic acid groups (broad SMARTS) is 1. The molecule has 0 atom stereocenters. The number of benzene rings is 1. The van der Waals surface area contributed by atoms with Gasteiger partial charge in [-0.25, -0.2) is 0 Å². The van der Waals surface area contributed by atoms with Crippen LogP contribution in [0.5, 0.6) is 0 Å². The Hall–Kier alpha value is -1.35. The van der Waals surface area contributed by atoms with Crippen molar-refractivity contribution in [3.8, 4) is 12.3 Å². The Bertz CT molecular complexity index is 557. The number of carbonyl (C=O) groups is 2. The Labute approximate surface area is 131 Å². The lowest BCUT2D eigenvalue weighted by Crippen LogP contribution is -2.37. The highest BCUT2D eigenvalue weighted by atomic mass is 35.5. The molecule has 20 heavy (non-hydrogen) atoms. The van der Waals surface area contributed by atoms with E-state index in [1.165, 1.54) is 11.8 Å². The standard InChI is InChI=1S/C13H11Cl2NO3S/c1-2-5-16(7-13(18)19)12(17)8-20-11-6-9(14)3-4-10(11)15/h1,3-4,6H,5,7-8H2,(H,18,19). The number of aliphatic carboxylic acids is 1. The number of terminal acetylenes is 1. The molecule has 1 aromatic carbocycles. The average Bonchev–Trinajstić information content (AvgIpc) is 2.38. The fourth-order valence-corrected chi connectivity index (χ4v) is 2.72. The third-order valence-electron chi connectivity index (χ3n) is 2.21. The van der Waals surface area contributed by atoms with E-state index in [0.717, 1.165) is 4.90 Å². The van der Waals surface area contributed by atoms with Gasteiger partial charge in [0.1, 0.15) is 6.54 Å². The van der Waals surface area contributed by atoms with Gasteiger partial charge in [-0.3, -0.25) is 9.59 Å². The van der Waals surface area contributed by atoms with Gasteiger partial charge in [-0.1, -0.05) is 29.1 Å². The van der Waals surface area contributed by atoms with Gasteiger partial charge in [0.2, 0.25) is 5.91 Å². The van der Waals surface area contributed by atoms with Gasteiger partial charge in [0, 0.05) is 9.92 Å². The zero-order chi connectivity index (χ0) is 15.1. The lowest BCUT2D eigenvalue weighted by molar-refractivity contribution is -0.143. The van der Waals surface area contributed by atoms with Gasteiger partial charge in [-0.15, -0.1) is 18.2 Å². The zero-order valence-electron chi connectivity index (χ0n) is 10.3. The maximum Gasteiger partial charge on any atom is 0.323 e. The fourth-order valence-electron chi connectivity index (χ4n) is 1.32. The summed E-state index contributed by atoms with van der Waals surface area (Å²) in [6.45, 7) is -0.470. The van der Waals surface area contributed by atoms with Gasteiger partial charge < -0.3 is 10.0 Å². The molecule has 4 nitrogen and oxygen atoms in total. The summed E-state index contributed by atoms with van der Waals surface area (Å²) in [4.78, 5) is 24.3. The molecule has 0 radical (unpaired) electrons. The van der Waals surface area contributed by atoms with Crippen molar-refractivity contribution in [1.29, 1.82) is 0 Å². The van der Waals surface area contributed by atoms with Gasteiger partial charge >= 0.3 is 5.97 Å².